The van der Waals surface area contributed by atoms with E-state index in [-0.39, 0.29) is 6.61 Å². The molecule has 0 aromatic heterocycles. The second kappa shape index (κ2) is 3.68. The lowest BCUT2D eigenvalue weighted by molar-refractivity contribution is -0.443. The third kappa shape index (κ3) is 1.70. The van der Waals surface area contributed by atoms with Crippen LogP contribution >= 0.6 is 0 Å². The van der Waals surface area contributed by atoms with Crippen LogP contribution < -0.4 is 0 Å². The van der Waals surface area contributed by atoms with Gasteiger partial charge in [-0.05, 0) is 18.9 Å². The molecule has 0 amide bonds. The Kier molecular flexibility index (Phi) is 2.45. The highest BCUT2D eigenvalue weighted by molar-refractivity contribution is 5.91. The van der Waals surface area contributed by atoms with Crippen molar-refractivity contribution in [3.8, 4) is 0 Å². The van der Waals surface area contributed by atoms with Crippen LogP contribution in [0, 0.1) is 0 Å². The molecule has 20 heavy (non-hydrogen) atoms. The van der Waals surface area contributed by atoms with E-state index in [0.29, 0.717) is 0 Å². The Bertz CT molecular complexity index is 517. The number of aliphatic hydroxyl groups is 1. The molecule has 110 valence electrons. The first kappa shape index (κ1) is 13.3. The number of ether oxygens (including phenoxy) is 3. The van der Waals surface area contributed by atoms with Crippen LogP contribution in [0.3, 0.4) is 0 Å². The predicted molar refractivity (Wildman–Crippen MR) is 57.1 cm³/mol. The summed E-state index contributed by atoms with van der Waals surface area (Å²) in [5.74, 6) is -2.98. The molecule has 0 aromatic carbocycles. The lowest BCUT2D eigenvalue weighted by Crippen LogP contribution is -2.59. The molecule has 2 bridgehead atoms. The zero-order valence-corrected chi connectivity index (χ0v) is 10.9. The van der Waals surface area contributed by atoms with Crippen LogP contribution in [0.2, 0.25) is 0 Å². The maximum atomic E-state index is 12.0. The molecule has 3 aliphatic rings. The first-order valence-electron chi connectivity index (χ1n) is 6.00. The summed E-state index contributed by atoms with van der Waals surface area (Å²) < 4.78 is 15.2. The summed E-state index contributed by atoms with van der Waals surface area (Å²) in [6.45, 7) is 3.28. The van der Waals surface area contributed by atoms with Gasteiger partial charge in [-0.3, -0.25) is 14.3 Å². The molecule has 3 saturated heterocycles. The van der Waals surface area contributed by atoms with Gasteiger partial charge in [0.05, 0.1) is 25.0 Å². The zero-order valence-electron chi connectivity index (χ0n) is 10.9. The summed E-state index contributed by atoms with van der Waals surface area (Å²) in [4.78, 5) is 40.6. The van der Waals surface area contributed by atoms with Crippen molar-refractivity contribution < 1.29 is 38.5 Å². The van der Waals surface area contributed by atoms with E-state index in [9.17, 15) is 19.5 Å². The molecule has 9 nitrogen and oxygen atoms in total. The number of rotatable bonds is 0. The molecule has 0 radical (unpaired) electrons. The van der Waals surface area contributed by atoms with Crippen molar-refractivity contribution in [1.29, 1.82) is 0 Å². The number of esters is 2. The van der Waals surface area contributed by atoms with Gasteiger partial charge in [0.2, 0.25) is 0 Å². The summed E-state index contributed by atoms with van der Waals surface area (Å²) in [6, 6.07) is 0. The van der Waals surface area contributed by atoms with Gasteiger partial charge in [0.1, 0.15) is 0 Å². The quantitative estimate of drug-likeness (QED) is 0.548. The maximum Gasteiger partial charge on any atom is 0.484 e. The van der Waals surface area contributed by atoms with Crippen LogP contribution in [0.25, 0.3) is 0 Å². The average molecular weight is 287 g/mol. The van der Waals surface area contributed by atoms with Crippen molar-refractivity contribution in [2.45, 2.75) is 43.9 Å². The van der Waals surface area contributed by atoms with Crippen LogP contribution in [-0.4, -0.2) is 51.9 Å². The van der Waals surface area contributed by atoms with Crippen molar-refractivity contribution in [3.05, 3.63) is 0 Å². The zero-order chi connectivity index (χ0) is 14.8. The van der Waals surface area contributed by atoms with Crippen LogP contribution in [0.1, 0.15) is 26.7 Å². The van der Waals surface area contributed by atoms with Crippen molar-refractivity contribution in [1.82, 2.24) is 5.06 Å². The highest BCUT2D eigenvalue weighted by atomic mass is 17.0. The van der Waals surface area contributed by atoms with Gasteiger partial charge in [-0.2, -0.15) is 0 Å². The summed E-state index contributed by atoms with van der Waals surface area (Å²) in [6.07, 6.45) is -3.69. The van der Waals surface area contributed by atoms with Gasteiger partial charge < -0.3 is 19.4 Å². The first-order valence-corrected chi connectivity index (χ1v) is 6.00. The molecule has 0 saturated carbocycles. The average Bonchev–Trinajstić information content (AvgIpc) is 2.48. The van der Waals surface area contributed by atoms with Gasteiger partial charge in [-0.1, -0.05) is 0 Å². The normalized spacial score (nSPS) is 40.0. The number of hydrogen-bond donors (Lipinski definition) is 1. The summed E-state index contributed by atoms with van der Waals surface area (Å²) in [5, 5.41) is 11.0. The molecule has 1 spiro atoms. The van der Waals surface area contributed by atoms with Crippen LogP contribution in [0.15, 0.2) is 0 Å². The van der Waals surface area contributed by atoms with Crippen molar-refractivity contribution >= 4 is 17.9 Å². The fourth-order valence-corrected chi connectivity index (χ4v) is 2.31. The minimum absolute atomic E-state index is 0.0146. The van der Waals surface area contributed by atoms with E-state index < -0.39 is 48.0 Å². The molecule has 3 aliphatic heterocycles. The van der Waals surface area contributed by atoms with E-state index in [4.69, 9.17) is 19.0 Å². The van der Waals surface area contributed by atoms with E-state index in [1.807, 2.05) is 0 Å². The molecular weight excluding hydrogens is 274 g/mol. The molecule has 3 rings (SSSR count). The van der Waals surface area contributed by atoms with Crippen molar-refractivity contribution in [3.63, 3.8) is 0 Å². The first-order chi connectivity index (χ1) is 9.17. The monoisotopic (exact) mass is 287 g/mol. The van der Waals surface area contributed by atoms with E-state index >= 15 is 0 Å². The molecule has 3 fully saturated rings. The Balaban J connectivity index is 2.13. The number of carbonyl (C=O) groups excluding carboxylic acids is 3. The Labute approximate surface area is 113 Å². The molecule has 0 aliphatic carbocycles. The molecule has 2 atom stereocenters. The number of hydroxylamine groups is 2. The van der Waals surface area contributed by atoms with Gasteiger partial charge in [0.25, 0.3) is 0 Å². The van der Waals surface area contributed by atoms with Crippen molar-refractivity contribution in [2.75, 3.05) is 6.61 Å². The SMILES string of the molecule is CC1(C)COC23OC(=O)CC(O)(CC(=O)ON12)C(=O)O3. The Morgan fingerprint density at radius 2 is 1.75 bits per heavy atom. The summed E-state index contributed by atoms with van der Waals surface area (Å²) >= 11 is 0. The second-order valence-corrected chi connectivity index (χ2v) is 5.63. The van der Waals surface area contributed by atoms with E-state index in [2.05, 4.69) is 0 Å². The smallest absolute Gasteiger partial charge is 0.382 e. The van der Waals surface area contributed by atoms with Crippen LogP contribution in [0.5, 0.6) is 0 Å². The third-order valence-corrected chi connectivity index (χ3v) is 3.32. The maximum absolute atomic E-state index is 12.0. The van der Waals surface area contributed by atoms with E-state index in [0.717, 1.165) is 5.06 Å². The second-order valence-electron chi connectivity index (χ2n) is 5.63. The minimum Gasteiger partial charge on any atom is -0.382 e. The standard InChI is InChI=1S/C11H13NO8/c1-9(2)5-17-11-12(9)20-7(14)4-10(16,8(15)19-11)3-6(13)18-11/h16H,3-5H2,1-2H3. The molecule has 9 heteroatoms. The molecule has 2 unspecified atom stereocenters. The number of hydrogen-bond acceptors (Lipinski definition) is 9. The predicted octanol–water partition coefficient (Wildman–Crippen LogP) is -1.21. The molecule has 1 N–H and O–H groups in total. The Morgan fingerprint density at radius 1 is 1.10 bits per heavy atom. The van der Waals surface area contributed by atoms with Crippen molar-refractivity contribution in [2.24, 2.45) is 0 Å². The Morgan fingerprint density at radius 3 is 2.45 bits per heavy atom. The third-order valence-electron chi connectivity index (χ3n) is 3.32. The minimum atomic E-state index is -2.31. The Hall–Kier alpha value is -1.71. The van der Waals surface area contributed by atoms with Gasteiger partial charge in [0.15, 0.2) is 5.60 Å². The van der Waals surface area contributed by atoms with Crippen LogP contribution in [-0.2, 0) is 33.4 Å². The molecule has 3 heterocycles. The van der Waals surface area contributed by atoms with Gasteiger partial charge in [0, 0.05) is 0 Å². The highest BCUT2D eigenvalue weighted by Gasteiger charge is 2.67. The fraction of sp³-hybridized carbons (Fsp3) is 0.727. The van der Waals surface area contributed by atoms with E-state index in [1.165, 1.54) is 0 Å². The summed E-state index contributed by atoms with van der Waals surface area (Å²) in [5.41, 5.74) is -3.18. The topological polar surface area (TPSA) is 112 Å². The molecule has 0 aromatic rings. The van der Waals surface area contributed by atoms with Gasteiger partial charge in [-0.15, -0.1) is 0 Å². The van der Waals surface area contributed by atoms with Gasteiger partial charge in [-0.25, -0.2) is 4.79 Å². The number of nitrogens with zero attached hydrogens (tertiary/aromatic N) is 1. The lowest BCUT2D eigenvalue weighted by atomic mass is 9.96. The number of carbonyl (C=O) groups is 3. The number of fused-ring (bicyclic) bond motifs is 2. The fourth-order valence-electron chi connectivity index (χ4n) is 2.31. The summed E-state index contributed by atoms with van der Waals surface area (Å²) in [7, 11) is 0. The molecular formula is C11H13NO8. The highest BCUT2D eigenvalue weighted by Crippen LogP contribution is 2.42. The van der Waals surface area contributed by atoms with Crippen LogP contribution in [0.4, 0.5) is 0 Å². The largest absolute Gasteiger partial charge is 0.484 e. The van der Waals surface area contributed by atoms with Gasteiger partial charge >= 0.3 is 24.0 Å². The lowest BCUT2D eigenvalue weighted by Gasteiger charge is -2.37. The van der Waals surface area contributed by atoms with E-state index in [1.54, 1.807) is 13.8 Å².